The number of benzene rings is 1. The molecule has 3 aromatic rings. The van der Waals surface area contributed by atoms with Gasteiger partial charge in [0.15, 0.2) is 0 Å². The molecule has 2 aliphatic rings. The lowest BCUT2D eigenvalue weighted by molar-refractivity contribution is -0.164. The first-order valence-electron chi connectivity index (χ1n) is 25.5. The van der Waals surface area contributed by atoms with Gasteiger partial charge in [-0.2, -0.15) is 5.10 Å². The molecule has 2 aliphatic carbocycles. The van der Waals surface area contributed by atoms with Crippen LogP contribution in [0.25, 0.3) is 22.5 Å². The summed E-state index contributed by atoms with van der Waals surface area (Å²) in [5.74, 6) is 0.840. The summed E-state index contributed by atoms with van der Waals surface area (Å²) >= 11 is 0. The van der Waals surface area contributed by atoms with E-state index in [9.17, 15) is 15.0 Å². The molecule has 10 nitrogen and oxygen atoms in total. The molecule has 2 saturated carbocycles. The van der Waals surface area contributed by atoms with Gasteiger partial charge >= 0.3 is 11.9 Å². The van der Waals surface area contributed by atoms with Crippen molar-refractivity contribution in [2.24, 2.45) is 57.0 Å². The van der Waals surface area contributed by atoms with Gasteiger partial charge in [0.05, 0.1) is 23.7 Å². The Balaban J connectivity index is 1.52. The van der Waals surface area contributed by atoms with Gasteiger partial charge in [-0.15, -0.1) is 0 Å². The number of rotatable bonds is 16. The second kappa shape index (κ2) is 21.9. The molecule has 2 aromatic heterocycles. The Morgan fingerprint density at radius 3 is 1.93 bits per heavy atom. The first-order valence-corrected chi connectivity index (χ1v) is 25.5. The number of nitrogens with zero attached hydrogens (tertiary/aromatic N) is 2. The fourth-order valence-electron chi connectivity index (χ4n) is 10.9. The Hall–Kier alpha value is -4.47. The molecule has 5 rings (SSSR count). The zero-order valence-corrected chi connectivity index (χ0v) is 44.1. The van der Waals surface area contributed by atoms with E-state index in [1.165, 1.54) is 31.8 Å². The van der Waals surface area contributed by atoms with Crippen LogP contribution in [0.3, 0.4) is 0 Å². The van der Waals surface area contributed by atoms with Crippen molar-refractivity contribution < 1.29 is 23.8 Å². The van der Waals surface area contributed by atoms with Crippen LogP contribution in [0.1, 0.15) is 189 Å². The molecule has 0 aliphatic heterocycles. The number of unbranched alkanes of at least 4 members (excludes halogenated alkanes) is 5. The maximum absolute atomic E-state index is 14.1. The molecule has 0 saturated heterocycles. The second-order valence-electron chi connectivity index (χ2n) is 24.5. The Bertz CT molecular complexity index is 2150. The van der Waals surface area contributed by atoms with E-state index in [1.54, 1.807) is 6.07 Å². The minimum Gasteiger partial charge on any atom is -0.493 e. The number of aryl methyl sites for hydroxylation is 1. The Morgan fingerprint density at radius 2 is 1.34 bits per heavy atom. The van der Waals surface area contributed by atoms with E-state index in [2.05, 4.69) is 107 Å². The second-order valence-corrected chi connectivity index (χ2v) is 24.5. The molecule has 10 heteroatoms. The van der Waals surface area contributed by atoms with Gasteiger partial charge in [0.2, 0.25) is 0 Å². The highest BCUT2D eigenvalue weighted by atomic mass is 16.5. The van der Waals surface area contributed by atoms with Crippen molar-refractivity contribution in [2.45, 2.75) is 187 Å². The summed E-state index contributed by atoms with van der Waals surface area (Å²) < 4.78 is 19.4. The molecule has 0 bridgehead atoms. The largest absolute Gasteiger partial charge is 0.493 e. The summed E-state index contributed by atoms with van der Waals surface area (Å²) in [5.41, 5.74) is 10.0. The van der Waals surface area contributed by atoms with E-state index in [-0.39, 0.29) is 80.3 Å². The Labute approximate surface area is 404 Å². The summed E-state index contributed by atoms with van der Waals surface area (Å²) in [7, 11) is 0. The predicted molar refractivity (Wildman–Crippen MR) is 273 cm³/mol. The van der Waals surface area contributed by atoms with E-state index >= 15 is 0 Å². The van der Waals surface area contributed by atoms with Crippen LogP contribution >= 0.6 is 0 Å². The standard InChI is InChI=1S/C57H87N5O5/c1-16-17-18-19-20-21-28-65-48-27-22-24-36(3)49(48)37-31-44(42(58)33-43(59)52(63)66-51-40(56(10,11)12)29-35(2)30-41(51)57(13,14)15)60-45(32-37)46-34-47(62-61-46)53(64)67-50-38(54(4,5)6)25-23-26-39(50)55(7,8)9/h22,24,27,31-35,38-41,50-51,58H,16-21,23,25-26,28-30,59H2,1-15H3,(H,61,62). The maximum atomic E-state index is 14.1. The molecule has 4 N–H and O–H groups in total. The lowest BCUT2D eigenvalue weighted by Gasteiger charge is -2.50. The van der Waals surface area contributed by atoms with Gasteiger partial charge in [-0.25, -0.2) is 14.6 Å². The number of aromatic amines is 1. The molecule has 67 heavy (non-hydrogen) atoms. The molecule has 0 spiro atoms. The molecule has 2 heterocycles. The van der Waals surface area contributed by atoms with Crippen LogP contribution in [0.5, 0.6) is 5.75 Å². The molecule has 1 aromatic carbocycles. The molecule has 0 radical (unpaired) electrons. The Morgan fingerprint density at radius 1 is 0.776 bits per heavy atom. The first-order chi connectivity index (χ1) is 31.2. The van der Waals surface area contributed by atoms with Gasteiger partial charge in [-0.05, 0) is 102 Å². The third-order valence-corrected chi connectivity index (χ3v) is 14.8. The maximum Gasteiger partial charge on any atom is 0.356 e. The average Bonchev–Trinajstić information content (AvgIpc) is 3.73. The molecular formula is C57H87N5O5. The van der Waals surface area contributed by atoms with Gasteiger partial charge < -0.3 is 19.9 Å². The summed E-state index contributed by atoms with van der Waals surface area (Å²) in [6, 6.07) is 11.4. The number of hydrogen-bond donors (Lipinski definition) is 3. The minimum atomic E-state index is -0.635. The van der Waals surface area contributed by atoms with Crippen LogP contribution in [0, 0.1) is 63.6 Å². The zero-order valence-electron chi connectivity index (χ0n) is 44.1. The number of ether oxygens (including phenoxy) is 3. The van der Waals surface area contributed by atoms with Crippen molar-refractivity contribution in [3.63, 3.8) is 0 Å². The highest BCUT2D eigenvalue weighted by Crippen LogP contribution is 2.50. The number of aromatic nitrogens is 3. The number of nitrogens with two attached hydrogens (primary N) is 1. The van der Waals surface area contributed by atoms with Crippen LogP contribution in [-0.4, -0.2) is 51.6 Å². The monoisotopic (exact) mass is 922 g/mol. The van der Waals surface area contributed by atoms with Crippen LogP contribution in [0.15, 0.2) is 48.2 Å². The van der Waals surface area contributed by atoms with Crippen molar-refractivity contribution in [1.29, 1.82) is 5.41 Å². The van der Waals surface area contributed by atoms with Gasteiger partial charge in [-0.1, -0.05) is 148 Å². The summed E-state index contributed by atoms with van der Waals surface area (Å²) in [4.78, 5) is 33.1. The smallest absolute Gasteiger partial charge is 0.356 e. The minimum absolute atomic E-state index is 0.0428. The molecule has 0 amide bonds. The normalized spacial score (nSPS) is 23.1. The van der Waals surface area contributed by atoms with Gasteiger partial charge in [0.1, 0.15) is 35.0 Å². The predicted octanol–water partition coefficient (Wildman–Crippen LogP) is 14.1. The number of H-pyrrole nitrogens is 1. The fraction of sp³-hybridized carbons (Fsp3) is 0.667. The third kappa shape index (κ3) is 13.8. The lowest BCUT2D eigenvalue weighted by Crippen LogP contribution is -2.49. The van der Waals surface area contributed by atoms with E-state index in [0.717, 1.165) is 67.4 Å². The highest BCUT2D eigenvalue weighted by Gasteiger charge is 2.49. The topological polar surface area (TPSA) is 153 Å². The van der Waals surface area contributed by atoms with Crippen molar-refractivity contribution >= 4 is 17.7 Å². The number of carbonyl (C=O) groups excluding carboxylic acids is 2. The number of esters is 2. The summed E-state index contributed by atoms with van der Waals surface area (Å²) in [6.07, 6.45) is 12.7. The number of pyridine rings is 1. The van der Waals surface area contributed by atoms with Crippen molar-refractivity contribution in [2.75, 3.05) is 6.61 Å². The fourth-order valence-corrected chi connectivity index (χ4v) is 10.9. The van der Waals surface area contributed by atoms with Crippen molar-refractivity contribution in [3.05, 3.63) is 65.1 Å². The van der Waals surface area contributed by atoms with E-state index < -0.39 is 11.9 Å². The molecule has 2 fully saturated rings. The molecule has 4 atom stereocenters. The number of hydrogen-bond acceptors (Lipinski definition) is 9. The molecular weight excluding hydrogens is 835 g/mol. The number of nitrogens with one attached hydrogen (secondary N) is 2. The lowest BCUT2D eigenvalue weighted by atomic mass is 9.59. The van der Waals surface area contributed by atoms with Crippen LogP contribution < -0.4 is 10.5 Å². The SMILES string of the molecule is CCCCCCCCOc1cccc(C)c1-c1cc(C(=N)C=C(N)C(=O)OC2C(C(C)(C)C)CC(C)CC2C(C)(C)C)nc(-c2cc(C(=O)OC3C(C(C)(C)C)CCCC3C(C)(C)C)[nH]n2)c1. The van der Waals surface area contributed by atoms with Crippen LogP contribution in [-0.2, 0) is 14.3 Å². The van der Waals surface area contributed by atoms with Crippen LogP contribution in [0.2, 0.25) is 0 Å². The number of allylic oxidation sites excluding steroid dienone is 1. The third-order valence-electron chi connectivity index (χ3n) is 14.8. The van der Waals surface area contributed by atoms with Gasteiger partial charge in [0, 0.05) is 35.3 Å². The van der Waals surface area contributed by atoms with E-state index in [4.69, 9.17) is 24.9 Å². The van der Waals surface area contributed by atoms with Crippen molar-refractivity contribution in [3.8, 4) is 28.3 Å². The summed E-state index contributed by atoms with van der Waals surface area (Å²) in [5, 5.41) is 17.0. The quantitative estimate of drug-likeness (QED) is 0.0555. The Kier molecular flexibility index (Phi) is 17.5. The molecule has 370 valence electrons. The summed E-state index contributed by atoms with van der Waals surface area (Å²) in [6.45, 7) is 33.8. The van der Waals surface area contributed by atoms with Gasteiger partial charge in [0.25, 0.3) is 0 Å². The van der Waals surface area contributed by atoms with E-state index in [1.807, 2.05) is 37.3 Å². The average molecular weight is 922 g/mol. The zero-order chi connectivity index (χ0) is 49.6. The highest BCUT2D eigenvalue weighted by molar-refractivity contribution is 6.09. The van der Waals surface area contributed by atoms with Gasteiger partial charge in [-0.3, -0.25) is 10.5 Å². The van der Waals surface area contributed by atoms with Crippen LogP contribution in [0.4, 0.5) is 0 Å². The van der Waals surface area contributed by atoms with Crippen molar-refractivity contribution in [1.82, 2.24) is 15.2 Å². The first kappa shape index (κ1) is 53.5. The molecule has 4 unspecified atom stereocenters. The van der Waals surface area contributed by atoms with E-state index in [0.29, 0.717) is 23.9 Å². The number of carbonyl (C=O) groups is 2.